The van der Waals surface area contributed by atoms with Crippen molar-refractivity contribution in [3.05, 3.63) is 65.2 Å². The molecule has 0 radical (unpaired) electrons. The summed E-state index contributed by atoms with van der Waals surface area (Å²) in [7, 11) is 0. The van der Waals surface area contributed by atoms with Crippen LogP contribution in [0, 0.1) is 0 Å². The number of carbonyl (C=O) groups excluding carboxylic acids is 1. The molecular weight excluding hydrogens is 286 g/mol. The van der Waals surface area contributed by atoms with E-state index in [0.29, 0.717) is 10.6 Å². The summed E-state index contributed by atoms with van der Waals surface area (Å²) >= 11 is 5.81. The Hall–Kier alpha value is -2.00. The van der Waals surface area contributed by atoms with Gasteiger partial charge >= 0.3 is 5.97 Å². The molecule has 0 aliphatic rings. The highest BCUT2D eigenvalue weighted by Crippen LogP contribution is 2.18. The largest absolute Gasteiger partial charge is 0.438 e. The van der Waals surface area contributed by atoms with Gasteiger partial charge < -0.3 is 9.64 Å². The van der Waals surface area contributed by atoms with Crippen LogP contribution in [0.15, 0.2) is 54.6 Å². The zero-order valence-electron chi connectivity index (χ0n) is 12.1. The average Bonchev–Trinajstić information content (AvgIpc) is 2.49. The first-order chi connectivity index (χ1) is 10.1. The molecule has 0 bridgehead atoms. The minimum atomic E-state index is -0.353. The summed E-state index contributed by atoms with van der Waals surface area (Å²) in [4.78, 5) is 14.1. The van der Waals surface area contributed by atoms with E-state index in [0.717, 1.165) is 12.2 Å². The molecule has 0 heterocycles. The Balaban J connectivity index is 2.07. The van der Waals surface area contributed by atoms with E-state index in [4.69, 9.17) is 16.3 Å². The SMILES string of the molecule is CCN(c1ccccc1)C(C)OC(=O)c1ccc(Cl)cc1. The summed E-state index contributed by atoms with van der Waals surface area (Å²) in [6.45, 7) is 4.64. The number of esters is 1. The Morgan fingerprint density at radius 1 is 1.14 bits per heavy atom. The molecular formula is C17H18ClNO2. The maximum atomic E-state index is 12.1. The predicted octanol–water partition coefficient (Wildman–Crippen LogP) is 4.37. The van der Waals surface area contributed by atoms with Gasteiger partial charge in [0.2, 0.25) is 0 Å². The summed E-state index contributed by atoms with van der Waals surface area (Å²) in [6, 6.07) is 16.6. The van der Waals surface area contributed by atoms with Crippen LogP contribution in [-0.2, 0) is 4.74 Å². The molecule has 21 heavy (non-hydrogen) atoms. The summed E-state index contributed by atoms with van der Waals surface area (Å²) in [5, 5.41) is 0.596. The number of nitrogens with zero attached hydrogens (tertiary/aromatic N) is 1. The van der Waals surface area contributed by atoms with Crippen LogP contribution in [-0.4, -0.2) is 18.7 Å². The number of benzene rings is 2. The van der Waals surface area contributed by atoms with Crippen molar-refractivity contribution in [3.63, 3.8) is 0 Å². The minimum Gasteiger partial charge on any atom is -0.438 e. The fourth-order valence-electron chi connectivity index (χ4n) is 2.14. The van der Waals surface area contributed by atoms with Crippen molar-refractivity contribution >= 4 is 23.3 Å². The first-order valence-corrected chi connectivity index (χ1v) is 7.28. The highest BCUT2D eigenvalue weighted by molar-refractivity contribution is 6.30. The zero-order chi connectivity index (χ0) is 15.2. The highest BCUT2D eigenvalue weighted by atomic mass is 35.5. The summed E-state index contributed by atoms with van der Waals surface area (Å²) < 4.78 is 5.53. The molecule has 2 rings (SSSR count). The topological polar surface area (TPSA) is 29.5 Å². The molecule has 2 aromatic rings. The number of ether oxygens (including phenoxy) is 1. The number of para-hydroxylation sites is 1. The third-order valence-electron chi connectivity index (χ3n) is 3.22. The quantitative estimate of drug-likeness (QED) is 0.607. The lowest BCUT2D eigenvalue weighted by atomic mass is 10.2. The molecule has 0 amide bonds. The number of rotatable bonds is 5. The van der Waals surface area contributed by atoms with E-state index < -0.39 is 0 Å². The average molecular weight is 304 g/mol. The molecule has 0 N–H and O–H groups in total. The van der Waals surface area contributed by atoms with Gasteiger partial charge in [0.15, 0.2) is 6.23 Å². The number of carbonyl (C=O) groups is 1. The van der Waals surface area contributed by atoms with Gasteiger partial charge in [-0.3, -0.25) is 0 Å². The van der Waals surface area contributed by atoms with Crippen molar-refractivity contribution in [2.75, 3.05) is 11.4 Å². The standard InChI is InChI=1S/C17H18ClNO2/c1-3-19(16-7-5-4-6-8-16)13(2)21-17(20)14-9-11-15(18)12-10-14/h4-13H,3H2,1-2H3. The molecule has 0 spiro atoms. The summed E-state index contributed by atoms with van der Waals surface area (Å²) in [5.41, 5.74) is 1.52. The molecule has 0 fully saturated rings. The van der Waals surface area contributed by atoms with Crippen LogP contribution < -0.4 is 4.90 Å². The van der Waals surface area contributed by atoms with Crippen molar-refractivity contribution in [1.82, 2.24) is 0 Å². The summed E-state index contributed by atoms with van der Waals surface area (Å²) in [6.07, 6.45) is -0.347. The van der Waals surface area contributed by atoms with Gasteiger partial charge in [0, 0.05) is 17.3 Å². The molecule has 0 aliphatic carbocycles. The third-order valence-corrected chi connectivity index (χ3v) is 3.48. The molecule has 1 atom stereocenters. The van der Waals surface area contributed by atoms with Gasteiger partial charge in [-0.15, -0.1) is 0 Å². The fourth-order valence-corrected chi connectivity index (χ4v) is 2.27. The van der Waals surface area contributed by atoms with Gasteiger partial charge in [-0.05, 0) is 50.2 Å². The number of hydrogen-bond donors (Lipinski definition) is 0. The van der Waals surface area contributed by atoms with Crippen LogP contribution in [0.1, 0.15) is 24.2 Å². The van der Waals surface area contributed by atoms with Crippen LogP contribution in [0.25, 0.3) is 0 Å². The van der Waals surface area contributed by atoms with Gasteiger partial charge in [-0.25, -0.2) is 4.79 Å². The highest BCUT2D eigenvalue weighted by Gasteiger charge is 2.18. The molecule has 4 heteroatoms. The van der Waals surface area contributed by atoms with Gasteiger partial charge in [0.25, 0.3) is 0 Å². The Labute approximate surface area is 130 Å². The fraction of sp³-hybridized carbons (Fsp3) is 0.235. The van der Waals surface area contributed by atoms with Crippen molar-refractivity contribution < 1.29 is 9.53 Å². The monoisotopic (exact) mass is 303 g/mol. The van der Waals surface area contributed by atoms with Crippen molar-refractivity contribution in [2.45, 2.75) is 20.1 Å². The van der Waals surface area contributed by atoms with Gasteiger partial charge in [0.1, 0.15) is 0 Å². The summed E-state index contributed by atoms with van der Waals surface area (Å²) in [5.74, 6) is -0.353. The number of anilines is 1. The van der Waals surface area contributed by atoms with Crippen LogP contribution >= 0.6 is 11.6 Å². The van der Waals surface area contributed by atoms with E-state index in [1.165, 1.54) is 0 Å². The van der Waals surface area contributed by atoms with E-state index in [-0.39, 0.29) is 12.2 Å². The van der Waals surface area contributed by atoms with E-state index >= 15 is 0 Å². The van der Waals surface area contributed by atoms with Crippen molar-refractivity contribution in [3.8, 4) is 0 Å². The molecule has 2 aromatic carbocycles. The molecule has 0 aliphatic heterocycles. The number of hydrogen-bond acceptors (Lipinski definition) is 3. The Morgan fingerprint density at radius 3 is 2.33 bits per heavy atom. The van der Waals surface area contributed by atoms with Crippen LogP contribution in [0.3, 0.4) is 0 Å². The Kier molecular flexibility index (Phi) is 5.23. The van der Waals surface area contributed by atoms with Crippen molar-refractivity contribution in [1.29, 1.82) is 0 Å². The number of halogens is 1. The van der Waals surface area contributed by atoms with Crippen LogP contribution in [0.4, 0.5) is 5.69 Å². The van der Waals surface area contributed by atoms with Crippen LogP contribution in [0.2, 0.25) is 5.02 Å². The first-order valence-electron chi connectivity index (χ1n) is 6.90. The van der Waals surface area contributed by atoms with Gasteiger partial charge in [-0.1, -0.05) is 29.8 Å². The Morgan fingerprint density at radius 2 is 1.76 bits per heavy atom. The normalized spacial score (nSPS) is 11.8. The van der Waals surface area contributed by atoms with E-state index in [1.807, 2.05) is 49.1 Å². The smallest absolute Gasteiger partial charge is 0.340 e. The van der Waals surface area contributed by atoms with E-state index in [1.54, 1.807) is 24.3 Å². The second-order valence-corrected chi connectivity index (χ2v) is 5.07. The van der Waals surface area contributed by atoms with Crippen LogP contribution in [0.5, 0.6) is 0 Å². The third kappa shape index (κ3) is 3.99. The zero-order valence-corrected chi connectivity index (χ0v) is 12.9. The lowest BCUT2D eigenvalue weighted by Crippen LogP contribution is -2.36. The lowest BCUT2D eigenvalue weighted by Gasteiger charge is -2.29. The predicted molar refractivity (Wildman–Crippen MR) is 85.8 cm³/mol. The maximum absolute atomic E-state index is 12.1. The lowest BCUT2D eigenvalue weighted by molar-refractivity contribution is 0.0336. The maximum Gasteiger partial charge on any atom is 0.340 e. The molecule has 0 saturated carbocycles. The van der Waals surface area contributed by atoms with Crippen molar-refractivity contribution in [2.24, 2.45) is 0 Å². The van der Waals surface area contributed by atoms with E-state index in [2.05, 4.69) is 0 Å². The second kappa shape index (κ2) is 7.14. The molecule has 3 nitrogen and oxygen atoms in total. The second-order valence-electron chi connectivity index (χ2n) is 4.63. The van der Waals surface area contributed by atoms with Gasteiger partial charge in [0.05, 0.1) is 5.56 Å². The molecule has 1 unspecified atom stereocenters. The van der Waals surface area contributed by atoms with Gasteiger partial charge in [-0.2, -0.15) is 0 Å². The molecule has 0 saturated heterocycles. The Bertz CT molecular complexity index is 583. The van der Waals surface area contributed by atoms with E-state index in [9.17, 15) is 4.79 Å². The minimum absolute atomic E-state index is 0.347. The first kappa shape index (κ1) is 15.4. The molecule has 0 aromatic heterocycles. The molecule has 110 valence electrons.